The number of rotatable bonds is 5. The lowest BCUT2D eigenvalue weighted by Gasteiger charge is -2.22. The van der Waals surface area contributed by atoms with Crippen molar-refractivity contribution in [2.75, 3.05) is 23.3 Å². The summed E-state index contributed by atoms with van der Waals surface area (Å²) in [7, 11) is 0. The van der Waals surface area contributed by atoms with E-state index >= 15 is 0 Å². The molecule has 0 amide bonds. The highest BCUT2D eigenvalue weighted by atomic mass is 19.1. The van der Waals surface area contributed by atoms with Crippen LogP contribution < -0.4 is 10.2 Å². The van der Waals surface area contributed by atoms with Crippen LogP contribution in [0.5, 0.6) is 0 Å². The van der Waals surface area contributed by atoms with Gasteiger partial charge in [0.05, 0.1) is 12.4 Å². The number of nitrogens with one attached hydrogen (secondary N) is 1. The predicted molar refractivity (Wildman–Crippen MR) is 75.3 cm³/mol. The summed E-state index contributed by atoms with van der Waals surface area (Å²) in [6.45, 7) is 5.46. The van der Waals surface area contributed by atoms with Gasteiger partial charge in [-0.15, -0.1) is 0 Å². The van der Waals surface area contributed by atoms with E-state index in [4.69, 9.17) is 0 Å². The number of hydrogen-bond donors (Lipinski definition) is 1. The molecule has 0 aliphatic rings. The number of nitrogens with zero attached hydrogens (tertiary/aromatic N) is 3. The van der Waals surface area contributed by atoms with Crippen LogP contribution in [0, 0.1) is 5.82 Å². The van der Waals surface area contributed by atoms with Crippen molar-refractivity contribution in [3.63, 3.8) is 0 Å². The normalized spacial score (nSPS) is 10.3. The Bertz CT molecular complexity index is 544. The maximum Gasteiger partial charge on any atom is 0.153 e. The minimum absolute atomic E-state index is 0.258. The van der Waals surface area contributed by atoms with Gasteiger partial charge in [-0.1, -0.05) is 6.07 Å². The lowest BCUT2D eigenvalue weighted by atomic mass is 10.3. The highest BCUT2D eigenvalue weighted by Gasteiger charge is 2.10. The number of hydrogen-bond acceptors (Lipinski definition) is 4. The van der Waals surface area contributed by atoms with E-state index in [0.717, 1.165) is 18.1 Å². The van der Waals surface area contributed by atoms with E-state index < -0.39 is 0 Å². The quantitative estimate of drug-likeness (QED) is 0.896. The Hall–Kier alpha value is -2.17. The Morgan fingerprint density at radius 2 is 2.11 bits per heavy atom. The fourth-order valence-corrected chi connectivity index (χ4v) is 1.87. The fourth-order valence-electron chi connectivity index (χ4n) is 1.87. The monoisotopic (exact) mass is 260 g/mol. The van der Waals surface area contributed by atoms with Gasteiger partial charge in [-0.05, 0) is 32.0 Å². The first-order valence-corrected chi connectivity index (χ1v) is 6.33. The summed E-state index contributed by atoms with van der Waals surface area (Å²) in [6.07, 6.45) is 3.35. The van der Waals surface area contributed by atoms with Gasteiger partial charge in [-0.3, -0.25) is 4.98 Å². The molecule has 0 fully saturated rings. The van der Waals surface area contributed by atoms with Gasteiger partial charge in [0.15, 0.2) is 5.82 Å². The van der Waals surface area contributed by atoms with E-state index in [0.29, 0.717) is 12.4 Å². The molecule has 1 N–H and O–H groups in total. The molecule has 0 aliphatic heterocycles. The zero-order valence-electron chi connectivity index (χ0n) is 11.1. The van der Waals surface area contributed by atoms with Gasteiger partial charge in [0.25, 0.3) is 0 Å². The van der Waals surface area contributed by atoms with E-state index in [1.807, 2.05) is 24.8 Å². The van der Waals surface area contributed by atoms with E-state index in [1.165, 1.54) is 12.1 Å². The molecule has 0 unspecified atom stereocenters. The van der Waals surface area contributed by atoms with Crippen molar-refractivity contribution in [1.29, 1.82) is 0 Å². The summed E-state index contributed by atoms with van der Waals surface area (Å²) < 4.78 is 13.3. The van der Waals surface area contributed by atoms with Crippen molar-refractivity contribution in [3.8, 4) is 0 Å². The maximum atomic E-state index is 13.3. The largest absolute Gasteiger partial charge is 0.369 e. The van der Waals surface area contributed by atoms with Gasteiger partial charge >= 0.3 is 0 Å². The summed E-state index contributed by atoms with van der Waals surface area (Å²) >= 11 is 0. The molecule has 0 atom stereocenters. The number of anilines is 3. The van der Waals surface area contributed by atoms with Gasteiger partial charge in [-0.25, -0.2) is 9.37 Å². The third-order valence-corrected chi connectivity index (χ3v) is 2.69. The number of aromatic nitrogens is 2. The lowest BCUT2D eigenvalue weighted by molar-refractivity contribution is 0.627. The molecule has 100 valence electrons. The smallest absolute Gasteiger partial charge is 0.153 e. The molecule has 0 bridgehead atoms. The molecule has 0 aliphatic carbocycles. The first kappa shape index (κ1) is 13.3. The van der Waals surface area contributed by atoms with Gasteiger partial charge in [-0.2, -0.15) is 0 Å². The highest BCUT2D eigenvalue weighted by Crippen LogP contribution is 2.24. The van der Waals surface area contributed by atoms with E-state index in [2.05, 4.69) is 15.3 Å². The summed E-state index contributed by atoms with van der Waals surface area (Å²) in [6, 6.07) is 6.46. The molecule has 1 aromatic carbocycles. The van der Waals surface area contributed by atoms with Crippen molar-refractivity contribution >= 4 is 17.3 Å². The van der Waals surface area contributed by atoms with E-state index in [-0.39, 0.29) is 5.82 Å². The predicted octanol–water partition coefficient (Wildman–Crippen LogP) is 3.21. The van der Waals surface area contributed by atoms with Crippen LogP contribution in [0.3, 0.4) is 0 Å². The molecule has 5 heteroatoms. The van der Waals surface area contributed by atoms with Crippen LogP contribution in [0.4, 0.5) is 21.7 Å². The maximum absolute atomic E-state index is 13.3. The number of benzene rings is 1. The standard InChI is InChI=1S/C14H17FN4/c1-3-17-13-9-16-10-14(18-13)19(4-2)12-7-5-6-11(15)8-12/h5-10H,3-4H2,1-2H3,(H,17,18). The Morgan fingerprint density at radius 1 is 1.26 bits per heavy atom. The third kappa shape index (κ3) is 3.19. The summed E-state index contributed by atoms with van der Waals surface area (Å²) in [5, 5.41) is 3.12. The average Bonchev–Trinajstić information content (AvgIpc) is 2.41. The Kier molecular flexibility index (Phi) is 4.28. The van der Waals surface area contributed by atoms with E-state index in [1.54, 1.807) is 18.5 Å². The molecule has 1 aromatic heterocycles. The summed E-state index contributed by atoms with van der Waals surface area (Å²) in [5.41, 5.74) is 0.769. The van der Waals surface area contributed by atoms with Gasteiger partial charge in [0.2, 0.25) is 0 Å². The second-order valence-corrected chi connectivity index (χ2v) is 4.02. The molecule has 2 aromatic rings. The van der Waals surface area contributed by atoms with Crippen LogP contribution in [-0.2, 0) is 0 Å². The zero-order chi connectivity index (χ0) is 13.7. The van der Waals surface area contributed by atoms with Crippen LogP contribution >= 0.6 is 0 Å². The molecule has 19 heavy (non-hydrogen) atoms. The van der Waals surface area contributed by atoms with Crippen LogP contribution in [0.25, 0.3) is 0 Å². The Balaban J connectivity index is 2.33. The average molecular weight is 260 g/mol. The molecular weight excluding hydrogens is 243 g/mol. The minimum Gasteiger partial charge on any atom is -0.369 e. The van der Waals surface area contributed by atoms with Crippen molar-refractivity contribution < 1.29 is 4.39 Å². The Morgan fingerprint density at radius 3 is 2.79 bits per heavy atom. The zero-order valence-corrected chi connectivity index (χ0v) is 11.1. The molecule has 4 nitrogen and oxygen atoms in total. The molecule has 0 saturated carbocycles. The van der Waals surface area contributed by atoms with Crippen LogP contribution in [0.1, 0.15) is 13.8 Å². The SMILES string of the molecule is CCNc1cncc(N(CC)c2cccc(F)c2)n1. The molecule has 0 spiro atoms. The molecule has 0 radical (unpaired) electrons. The summed E-state index contributed by atoms with van der Waals surface area (Å²) in [4.78, 5) is 10.5. The van der Waals surface area contributed by atoms with Gasteiger partial charge in [0.1, 0.15) is 11.6 Å². The number of halogens is 1. The fraction of sp³-hybridized carbons (Fsp3) is 0.286. The molecule has 2 rings (SSSR count). The first-order chi connectivity index (χ1) is 9.24. The van der Waals surface area contributed by atoms with Crippen molar-refractivity contribution in [1.82, 2.24) is 9.97 Å². The van der Waals surface area contributed by atoms with Crippen molar-refractivity contribution in [3.05, 3.63) is 42.5 Å². The summed E-state index contributed by atoms with van der Waals surface area (Å²) in [5.74, 6) is 1.16. The lowest BCUT2D eigenvalue weighted by Crippen LogP contribution is -2.18. The second-order valence-electron chi connectivity index (χ2n) is 4.02. The van der Waals surface area contributed by atoms with Crippen molar-refractivity contribution in [2.24, 2.45) is 0 Å². The van der Waals surface area contributed by atoms with Gasteiger partial charge in [0, 0.05) is 18.8 Å². The van der Waals surface area contributed by atoms with Crippen molar-refractivity contribution in [2.45, 2.75) is 13.8 Å². The van der Waals surface area contributed by atoms with E-state index in [9.17, 15) is 4.39 Å². The van der Waals surface area contributed by atoms with Crippen LogP contribution in [-0.4, -0.2) is 23.1 Å². The third-order valence-electron chi connectivity index (χ3n) is 2.69. The highest BCUT2D eigenvalue weighted by molar-refractivity contribution is 5.60. The van der Waals surface area contributed by atoms with Crippen LogP contribution in [0.2, 0.25) is 0 Å². The second kappa shape index (κ2) is 6.13. The topological polar surface area (TPSA) is 41.1 Å². The molecular formula is C14H17FN4. The minimum atomic E-state index is -0.258. The molecule has 0 saturated heterocycles. The van der Waals surface area contributed by atoms with Crippen LogP contribution in [0.15, 0.2) is 36.7 Å². The molecule has 1 heterocycles. The van der Waals surface area contributed by atoms with Gasteiger partial charge < -0.3 is 10.2 Å². The Labute approximate surface area is 112 Å². The first-order valence-electron chi connectivity index (χ1n) is 6.33.